The summed E-state index contributed by atoms with van der Waals surface area (Å²) in [5.41, 5.74) is 0. The minimum absolute atomic E-state index is 0.0457. The molecule has 1 saturated carbocycles. The molecule has 1 aliphatic rings. The second-order valence-electron chi connectivity index (χ2n) is 5.04. The molecule has 7 heteroatoms. The number of carbonyl (C=O) groups excluding carboxylic acids is 1. The summed E-state index contributed by atoms with van der Waals surface area (Å²) in [6.45, 7) is 1.52. The average Bonchev–Trinajstić information content (AvgIpc) is 3.07. The number of carbonyl (C=O) groups is 2. The maximum atomic E-state index is 11.6. The van der Waals surface area contributed by atoms with Gasteiger partial charge in [0.2, 0.25) is 0 Å². The number of nitrogens with one attached hydrogen (secondary N) is 2. The maximum Gasteiger partial charge on any atom is 0.314 e. The molecule has 2 amide bonds. The quantitative estimate of drug-likeness (QED) is 0.714. The lowest BCUT2D eigenvalue weighted by Gasteiger charge is -2.16. The van der Waals surface area contributed by atoms with E-state index in [2.05, 4.69) is 15.7 Å². The summed E-state index contributed by atoms with van der Waals surface area (Å²) >= 11 is 0. The molecule has 0 saturated heterocycles. The van der Waals surface area contributed by atoms with Gasteiger partial charge in [0, 0.05) is 25.5 Å². The van der Waals surface area contributed by atoms with Crippen molar-refractivity contribution in [3.8, 4) is 0 Å². The summed E-state index contributed by atoms with van der Waals surface area (Å²) < 4.78 is 1.73. The Hall–Kier alpha value is -2.05. The van der Waals surface area contributed by atoms with E-state index in [4.69, 9.17) is 5.11 Å². The number of nitrogens with zero attached hydrogens (tertiary/aromatic N) is 2. The van der Waals surface area contributed by atoms with E-state index in [0.717, 1.165) is 12.8 Å². The van der Waals surface area contributed by atoms with Crippen LogP contribution >= 0.6 is 0 Å². The SMILES string of the molecule is O=C(NCCn1cccn1)NCC1CCCC1C(=O)O. The number of rotatable bonds is 6. The molecule has 0 spiro atoms. The van der Waals surface area contributed by atoms with E-state index < -0.39 is 5.97 Å². The van der Waals surface area contributed by atoms with Crippen LogP contribution in [0.2, 0.25) is 0 Å². The van der Waals surface area contributed by atoms with Crippen LogP contribution in [0.25, 0.3) is 0 Å². The molecule has 3 N–H and O–H groups in total. The Labute approximate surface area is 117 Å². The molecule has 1 fully saturated rings. The van der Waals surface area contributed by atoms with Crippen molar-refractivity contribution in [1.29, 1.82) is 0 Å². The molecular formula is C13H20N4O3. The molecule has 110 valence electrons. The Morgan fingerprint density at radius 3 is 2.90 bits per heavy atom. The zero-order valence-electron chi connectivity index (χ0n) is 11.3. The normalized spacial score (nSPS) is 21.6. The number of aliphatic carboxylic acids is 1. The van der Waals surface area contributed by atoms with Crippen LogP contribution < -0.4 is 10.6 Å². The number of carboxylic acid groups (broad SMARTS) is 1. The van der Waals surface area contributed by atoms with E-state index in [-0.39, 0.29) is 17.9 Å². The van der Waals surface area contributed by atoms with Gasteiger partial charge in [-0.05, 0) is 24.8 Å². The lowest BCUT2D eigenvalue weighted by molar-refractivity contribution is -0.142. The highest BCUT2D eigenvalue weighted by Gasteiger charge is 2.32. The van der Waals surface area contributed by atoms with Gasteiger partial charge in [0.25, 0.3) is 0 Å². The predicted molar refractivity (Wildman–Crippen MR) is 72.1 cm³/mol. The zero-order valence-corrected chi connectivity index (χ0v) is 11.3. The molecule has 0 aliphatic heterocycles. The summed E-state index contributed by atoms with van der Waals surface area (Å²) in [6, 6.07) is 1.57. The Kier molecular flexibility index (Phi) is 4.97. The number of urea groups is 1. The minimum Gasteiger partial charge on any atom is -0.481 e. The van der Waals surface area contributed by atoms with Crippen LogP contribution in [0.1, 0.15) is 19.3 Å². The Bertz CT molecular complexity index is 446. The van der Waals surface area contributed by atoms with Crippen molar-refractivity contribution in [3.05, 3.63) is 18.5 Å². The van der Waals surface area contributed by atoms with Crippen molar-refractivity contribution >= 4 is 12.0 Å². The van der Waals surface area contributed by atoms with E-state index in [0.29, 0.717) is 26.1 Å². The van der Waals surface area contributed by atoms with Crippen molar-refractivity contribution in [2.75, 3.05) is 13.1 Å². The van der Waals surface area contributed by atoms with Crippen LogP contribution in [0.15, 0.2) is 18.5 Å². The van der Waals surface area contributed by atoms with E-state index >= 15 is 0 Å². The molecule has 7 nitrogen and oxygen atoms in total. The van der Waals surface area contributed by atoms with Gasteiger partial charge in [-0.15, -0.1) is 0 Å². The van der Waals surface area contributed by atoms with Crippen molar-refractivity contribution < 1.29 is 14.7 Å². The third-order valence-electron chi connectivity index (χ3n) is 3.69. The molecular weight excluding hydrogens is 260 g/mol. The number of hydrogen-bond acceptors (Lipinski definition) is 3. The third-order valence-corrected chi connectivity index (χ3v) is 3.69. The largest absolute Gasteiger partial charge is 0.481 e. The van der Waals surface area contributed by atoms with Gasteiger partial charge in [0.05, 0.1) is 12.5 Å². The number of carboxylic acids is 1. The molecule has 1 heterocycles. The first-order valence-corrected chi connectivity index (χ1v) is 6.89. The summed E-state index contributed by atoms with van der Waals surface area (Å²) in [7, 11) is 0. The smallest absolute Gasteiger partial charge is 0.314 e. The molecule has 1 aromatic rings. The standard InChI is InChI=1S/C13H20N4O3/c18-12(19)11-4-1-3-10(11)9-15-13(20)14-6-8-17-7-2-5-16-17/h2,5,7,10-11H,1,3-4,6,8-9H2,(H,18,19)(H2,14,15,20). The molecule has 2 atom stereocenters. The summed E-state index contributed by atoms with van der Waals surface area (Å²) in [5, 5.41) is 18.6. The molecule has 0 bridgehead atoms. The molecule has 1 aliphatic carbocycles. The molecule has 0 radical (unpaired) electrons. The minimum atomic E-state index is -0.756. The Morgan fingerprint density at radius 1 is 1.35 bits per heavy atom. The topological polar surface area (TPSA) is 96.3 Å². The molecule has 20 heavy (non-hydrogen) atoms. The third kappa shape index (κ3) is 3.97. The van der Waals surface area contributed by atoms with Crippen LogP contribution in [0.5, 0.6) is 0 Å². The van der Waals surface area contributed by atoms with Gasteiger partial charge in [0.1, 0.15) is 0 Å². The van der Waals surface area contributed by atoms with Gasteiger partial charge in [-0.25, -0.2) is 4.79 Å². The fourth-order valence-electron chi connectivity index (χ4n) is 2.61. The Balaban J connectivity index is 1.63. The van der Waals surface area contributed by atoms with Crippen molar-refractivity contribution in [2.24, 2.45) is 11.8 Å². The van der Waals surface area contributed by atoms with E-state index in [1.807, 2.05) is 12.3 Å². The van der Waals surface area contributed by atoms with E-state index in [1.54, 1.807) is 10.9 Å². The highest BCUT2D eigenvalue weighted by Crippen LogP contribution is 2.31. The van der Waals surface area contributed by atoms with Crippen LogP contribution in [0.3, 0.4) is 0 Å². The average molecular weight is 280 g/mol. The van der Waals surface area contributed by atoms with Crippen molar-refractivity contribution in [3.63, 3.8) is 0 Å². The van der Waals surface area contributed by atoms with Crippen molar-refractivity contribution in [1.82, 2.24) is 20.4 Å². The first kappa shape index (κ1) is 14.4. The predicted octanol–water partition coefficient (Wildman–Crippen LogP) is 0.683. The number of aromatic nitrogens is 2. The fourth-order valence-corrected chi connectivity index (χ4v) is 2.61. The van der Waals surface area contributed by atoms with Gasteiger partial charge < -0.3 is 15.7 Å². The second kappa shape index (κ2) is 6.93. The molecule has 0 aromatic carbocycles. The zero-order chi connectivity index (χ0) is 14.4. The van der Waals surface area contributed by atoms with Crippen molar-refractivity contribution in [2.45, 2.75) is 25.8 Å². The first-order valence-electron chi connectivity index (χ1n) is 6.89. The summed E-state index contributed by atoms with van der Waals surface area (Å²) in [5.74, 6) is -1.03. The van der Waals surface area contributed by atoms with Gasteiger partial charge in [-0.2, -0.15) is 5.10 Å². The summed E-state index contributed by atoms with van der Waals surface area (Å²) in [4.78, 5) is 22.6. The number of hydrogen-bond donors (Lipinski definition) is 3. The summed E-state index contributed by atoms with van der Waals surface area (Å²) in [6.07, 6.45) is 6.01. The van der Waals surface area contributed by atoms with Crippen LogP contribution in [-0.4, -0.2) is 40.0 Å². The second-order valence-corrected chi connectivity index (χ2v) is 5.04. The molecule has 1 aromatic heterocycles. The van der Waals surface area contributed by atoms with Gasteiger partial charge in [-0.3, -0.25) is 9.48 Å². The maximum absolute atomic E-state index is 11.6. The molecule has 2 rings (SSSR count). The van der Waals surface area contributed by atoms with Crippen LogP contribution in [0.4, 0.5) is 4.79 Å². The Morgan fingerprint density at radius 2 is 2.20 bits per heavy atom. The monoisotopic (exact) mass is 280 g/mol. The van der Waals surface area contributed by atoms with E-state index in [1.165, 1.54) is 0 Å². The van der Waals surface area contributed by atoms with Gasteiger partial charge in [-0.1, -0.05) is 6.42 Å². The fraction of sp³-hybridized carbons (Fsp3) is 0.615. The lowest BCUT2D eigenvalue weighted by atomic mass is 9.96. The lowest BCUT2D eigenvalue weighted by Crippen LogP contribution is -2.40. The highest BCUT2D eigenvalue weighted by atomic mass is 16.4. The van der Waals surface area contributed by atoms with Gasteiger partial charge >= 0.3 is 12.0 Å². The van der Waals surface area contributed by atoms with E-state index in [9.17, 15) is 9.59 Å². The number of amides is 2. The van der Waals surface area contributed by atoms with Crippen LogP contribution in [-0.2, 0) is 11.3 Å². The first-order chi connectivity index (χ1) is 9.66. The molecule has 2 unspecified atom stereocenters. The van der Waals surface area contributed by atoms with Gasteiger partial charge in [0.15, 0.2) is 0 Å². The van der Waals surface area contributed by atoms with Crippen LogP contribution in [0, 0.1) is 11.8 Å². The highest BCUT2D eigenvalue weighted by molar-refractivity contribution is 5.74.